The van der Waals surface area contributed by atoms with E-state index in [1.165, 1.54) is 5.56 Å². The number of nitrogens with one attached hydrogen (secondary N) is 1. The molecule has 1 N–H and O–H groups in total. The van der Waals surface area contributed by atoms with Gasteiger partial charge in [-0.25, -0.2) is 0 Å². The second kappa shape index (κ2) is 11.7. The van der Waals surface area contributed by atoms with Gasteiger partial charge in [0, 0.05) is 35.9 Å². The standard InChI is InChI=1S/C29H36N2O3/c1-20(2)31(21(3)4)16-17-34-28-19-26(14-15-27(28)33-6)30-29(32)24-12-10-23(11-13-24)25-9-7-8-22(5)18-25/h7-15,18-21H,16-17H2,1-6H3,(H,30,32). The van der Waals surface area contributed by atoms with Crippen LogP contribution in [0.25, 0.3) is 11.1 Å². The summed E-state index contributed by atoms with van der Waals surface area (Å²) in [5.74, 6) is 1.08. The van der Waals surface area contributed by atoms with Crippen molar-refractivity contribution in [1.82, 2.24) is 4.90 Å². The molecule has 0 aliphatic carbocycles. The highest BCUT2D eigenvalue weighted by Gasteiger charge is 2.15. The van der Waals surface area contributed by atoms with Crippen LogP contribution in [0.2, 0.25) is 0 Å². The van der Waals surface area contributed by atoms with Gasteiger partial charge >= 0.3 is 0 Å². The summed E-state index contributed by atoms with van der Waals surface area (Å²) in [5, 5.41) is 2.97. The number of ether oxygens (including phenoxy) is 2. The van der Waals surface area contributed by atoms with Crippen molar-refractivity contribution in [2.75, 3.05) is 25.6 Å². The normalized spacial score (nSPS) is 11.2. The Morgan fingerprint density at radius 2 is 1.59 bits per heavy atom. The molecular weight excluding hydrogens is 424 g/mol. The monoisotopic (exact) mass is 460 g/mol. The topological polar surface area (TPSA) is 50.8 Å². The second-order valence-electron chi connectivity index (χ2n) is 9.04. The molecule has 5 nitrogen and oxygen atoms in total. The summed E-state index contributed by atoms with van der Waals surface area (Å²) in [5.41, 5.74) is 4.68. The molecular formula is C29H36N2O3. The molecule has 0 aliphatic rings. The highest BCUT2D eigenvalue weighted by Crippen LogP contribution is 2.30. The molecule has 0 spiro atoms. The Morgan fingerprint density at radius 1 is 0.882 bits per heavy atom. The van der Waals surface area contributed by atoms with Gasteiger partial charge < -0.3 is 14.8 Å². The lowest BCUT2D eigenvalue weighted by Gasteiger charge is -2.30. The SMILES string of the molecule is COc1ccc(NC(=O)c2ccc(-c3cccc(C)c3)cc2)cc1OCCN(C(C)C)C(C)C. The van der Waals surface area contributed by atoms with Crippen LogP contribution in [0.1, 0.15) is 43.6 Å². The summed E-state index contributed by atoms with van der Waals surface area (Å²) in [6.45, 7) is 12.2. The first-order valence-corrected chi connectivity index (χ1v) is 11.8. The number of carbonyl (C=O) groups is 1. The fourth-order valence-corrected chi connectivity index (χ4v) is 4.08. The molecule has 1 amide bonds. The Labute approximate surface area is 203 Å². The summed E-state index contributed by atoms with van der Waals surface area (Å²) < 4.78 is 11.5. The maximum atomic E-state index is 12.8. The molecule has 0 bridgehead atoms. The zero-order valence-corrected chi connectivity index (χ0v) is 21.1. The van der Waals surface area contributed by atoms with Crippen molar-refractivity contribution in [1.29, 1.82) is 0 Å². The van der Waals surface area contributed by atoms with Crippen LogP contribution in [0.5, 0.6) is 11.5 Å². The van der Waals surface area contributed by atoms with E-state index in [9.17, 15) is 4.79 Å². The van der Waals surface area contributed by atoms with Gasteiger partial charge in [0.05, 0.1) is 7.11 Å². The van der Waals surface area contributed by atoms with Crippen LogP contribution >= 0.6 is 0 Å². The third kappa shape index (κ3) is 6.61. The van der Waals surface area contributed by atoms with Gasteiger partial charge in [0.25, 0.3) is 5.91 Å². The predicted octanol–water partition coefficient (Wildman–Crippen LogP) is 6.42. The van der Waals surface area contributed by atoms with Crippen LogP contribution in [0, 0.1) is 6.92 Å². The average Bonchev–Trinajstić information content (AvgIpc) is 2.81. The maximum absolute atomic E-state index is 12.8. The number of aryl methyl sites for hydroxylation is 1. The molecule has 0 saturated carbocycles. The van der Waals surface area contributed by atoms with Crippen molar-refractivity contribution in [2.24, 2.45) is 0 Å². The van der Waals surface area contributed by atoms with Crippen molar-refractivity contribution in [3.8, 4) is 22.6 Å². The van der Waals surface area contributed by atoms with Gasteiger partial charge in [-0.3, -0.25) is 9.69 Å². The Bertz CT molecular complexity index is 1080. The van der Waals surface area contributed by atoms with Gasteiger partial charge in [0.1, 0.15) is 6.61 Å². The quantitative estimate of drug-likeness (QED) is 0.379. The first-order valence-electron chi connectivity index (χ1n) is 11.8. The molecule has 0 aliphatic heterocycles. The molecule has 0 fully saturated rings. The lowest BCUT2D eigenvalue weighted by atomic mass is 10.0. The van der Waals surface area contributed by atoms with E-state index in [0.717, 1.165) is 17.7 Å². The van der Waals surface area contributed by atoms with Crippen molar-refractivity contribution in [3.05, 3.63) is 77.9 Å². The summed E-state index contributed by atoms with van der Waals surface area (Å²) in [4.78, 5) is 15.2. The predicted molar refractivity (Wildman–Crippen MR) is 140 cm³/mol. The Balaban J connectivity index is 1.67. The number of amides is 1. The van der Waals surface area contributed by atoms with Gasteiger partial charge in [-0.2, -0.15) is 0 Å². The second-order valence-corrected chi connectivity index (χ2v) is 9.04. The number of anilines is 1. The molecule has 0 aromatic heterocycles. The van der Waals surface area contributed by atoms with Crippen molar-refractivity contribution in [2.45, 2.75) is 46.7 Å². The molecule has 180 valence electrons. The lowest BCUT2D eigenvalue weighted by Crippen LogP contribution is -2.39. The minimum Gasteiger partial charge on any atom is -0.493 e. The first-order chi connectivity index (χ1) is 16.3. The summed E-state index contributed by atoms with van der Waals surface area (Å²) in [6.07, 6.45) is 0. The Kier molecular flexibility index (Phi) is 8.72. The zero-order chi connectivity index (χ0) is 24.7. The van der Waals surface area contributed by atoms with Gasteiger partial charge in [-0.1, -0.05) is 42.0 Å². The van der Waals surface area contributed by atoms with E-state index < -0.39 is 0 Å². The number of nitrogens with zero attached hydrogens (tertiary/aromatic N) is 1. The van der Waals surface area contributed by atoms with Crippen LogP contribution in [0.15, 0.2) is 66.7 Å². The van der Waals surface area contributed by atoms with E-state index in [0.29, 0.717) is 41.4 Å². The van der Waals surface area contributed by atoms with E-state index in [-0.39, 0.29) is 5.91 Å². The van der Waals surface area contributed by atoms with Crippen LogP contribution in [-0.2, 0) is 0 Å². The van der Waals surface area contributed by atoms with Gasteiger partial charge in [-0.05, 0) is 70.0 Å². The van der Waals surface area contributed by atoms with Crippen molar-refractivity contribution in [3.63, 3.8) is 0 Å². The number of benzene rings is 3. The largest absolute Gasteiger partial charge is 0.493 e. The summed E-state index contributed by atoms with van der Waals surface area (Å²) in [7, 11) is 1.62. The molecule has 5 heteroatoms. The lowest BCUT2D eigenvalue weighted by molar-refractivity contribution is 0.102. The van der Waals surface area contributed by atoms with E-state index in [2.05, 4.69) is 63.0 Å². The summed E-state index contributed by atoms with van der Waals surface area (Å²) >= 11 is 0. The first kappa shape index (κ1) is 25.3. The number of hydrogen-bond acceptors (Lipinski definition) is 4. The minimum atomic E-state index is -0.169. The molecule has 3 aromatic rings. The van der Waals surface area contributed by atoms with Crippen LogP contribution in [0.4, 0.5) is 5.69 Å². The molecule has 0 atom stereocenters. The maximum Gasteiger partial charge on any atom is 0.255 e. The fourth-order valence-electron chi connectivity index (χ4n) is 4.08. The number of carbonyl (C=O) groups excluding carboxylic acids is 1. The zero-order valence-electron chi connectivity index (χ0n) is 21.1. The Morgan fingerprint density at radius 3 is 2.21 bits per heavy atom. The minimum absolute atomic E-state index is 0.169. The third-order valence-corrected chi connectivity index (χ3v) is 5.85. The highest BCUT2D eigenvalue weighted by atomic mass is 16.5. The van der Waals surface area contributed by atoms with Gasteiger partial charge in [-0.15, -0.1) is 0 Å². The molecule has 0 saturated heterocycles. The van der Waals surface area contributed by atoms with Crippen LogP contribution in [0.3, 0.4) is 0 Å². The van der Waals surface area contributed by atoms with E-state index in [1.54, 1.807) is 7.11 Å². The number of methoxy groups -OCH3 is 1. The highest BCUT2D eigenvalue weighted by molar-refractivity contribution is 6.04. The van der Waals surface area contributed by atoms with Gasteiger partial charge in [0.15, 0.2) is 11.5 Å². The molecule has 3 rings (SSSR count). The average molecular weight is 461 g/mol. The fraction of sp³-hybridized carbons (Fsp3) is 0.345. The van der Waals surface area contributed by atoms with Gasteiger partial charge in [0.2, 0.25) is 0 Å². The number of hydrogen-bond donors (Lipinski definition) is 1. The van der Waals surface area contributed by atoms with Crippen molar-refractivity contribution >= 4 is 11.6 Å². The van der Waals surface area contributed by atoms with E-state index in [4.69, 9.17) is 9.47 Å². The molecule has 0 radical (unpaired) electrons. The molecule has 0 heterocycles. The van der Waals surface area contributed by atoms with E-state index in [1.807, 2.05) is 48.5 Å². The molecule has 0 unspecified atom stereocenters. The Hall–Kier alpha value is -3.31. The third-order valence-electron chi connectivity index (χ3n) is 5.85. The molecule has 34 heavy (non-hydrogen) atoms. The molecule has 3 aromatic carbocycles. The van der Waals surface area contributed by atoms with E-state index >= 15 is 0 Å². The number of rotatable bonds is 10. The smallest absolute Gasteiger partial charge is 0.255 e. The van der Waals surface area contributed by atoms with Crippen molar-refractivity contribution < 1.29 is 14.3 Å². The van der Waals surface area contributed by atoms with Crippen LogP contribution < -0.4 is 14.8 Å². The summed E-state index contributed by atoms with van der Waals surface area (Å²) in [6, 6.07) is 22.3. The van der Waals surface area contributed by atoms with Crippen LogP contribution in [-0.4, -0.2) is 43.2 Å².